The second-order valence-electron chi connectivity index (χ2n) is 3.47. The first-order chi connectivity index (χ1) is 8.99. The van der Waals surface area contributed by atoms with Gasteiger partial charge in [0.15, 0.2) is 17.3 Å². The van der Waals surface area contributed by atoms with Gasteiger partial charge < -0.3 is 9.73 Å². The minimum absolute atomic E-state index is 0.155. The van der Waals surface area contributed by atoms with Crippen LogP contribution in [0, 0.1) is 21.7 Å². The molecular formula is C11H6F2N2O4. The Morgan fingerprint density at radius 3 is 2.68 bits per heavy atom. The van der Waals surface area contributed by atoms with E-state index in [2.05, 4.69) is 0 Å². The number of nitro benzene ring substituents is 1. The highest BCUT2D eigenvalue weighted by Gasteiger charge is 2.23. The van der Waals surface area contributed by atoms with Crippen LogP contribution in [0.2, 0.25) is 0 Å². The lowest BCUT2D eigenvalue weighted by Gasteiger charge is -2.05. The predicted octanol–water partition coefficient (Wildman–Crippen LogP) is 2.72. The molecule has 2 rings (SSSR count). The first-order valence-electron chi connectivity index (χ1n) is 4.97. The van der Waals surface area contributed by atoms with Gasteiger partial charge in [0, 0.05) is 6.07 Å². The molecule has 19 heavy (non-hydrogen) atoms. The number of carbonyl (C=O) groups excluding carboxylic acids is 1. The van der Waals surface area contributed by atoms with E-state index in [1.54, 1.807) is 0 Å². The van der Waals surface area contributed by atoms with E-state index < -0.39 is 33.8 Å². The van der Waals surface area contributed by atoms with Crippen molar-refractivity contribution in [1.29, 1.82) is 0 Å². The highest BCUT2D eigenvalue weighted by Crippen LogP contribution is 2.29. The summed E-state index contributed by atoms with van der Waals surface area (Å²) in [6.07, 6.45) is 1.21. The van der Waals surface area contributed by atoms with E-state index in [4.69, 9.17) is 4.42 Å². The van der Waals surface area contributed by atoms with Crippen molar-refractivity contribution in [2.24, 2.45) is 0 Å². The fraction of sp³-hybridized carbons (Fsp3) is 0. The van der Waals surface area contributed by atoms with Crippen molar-refractivity contribution in [2.45, 2.75) is 0 Å². The number of benzene rings is 1. The van der Waals surface area contributed by atoms with E-state index >= 15 is 0 Å². The highest BCUT2D eigenvalue weighted by molar-refractivity contribution is 6.03. The molecule has 2 aromatic rings. The van der Waals surface area contributed by atoms with Crippen LogP contribution in [-0.4, -0.2) is 10.8 Å². The summed E-state index contributed by atoms with van der Waals surface area (Å²) in [6, 6.07) is 3.67. The van der Waals surface area contributed by atoms with Gasteiger partial charge in [-0.1, -0.05) is 0 Å². The lowest BCUT2D eigenvalue weighted by molar-refractivity contribution is -0.384. The van der Waals surface area contributed by atoms with Crippen molar-refractivity contribution in [2.75, 3.05) is 5.32 Å². The number of hydrogen-bond acceptors (Lipinski definition) is 4. The smallest absolute Gasteiger partial charge is 0.298 e. The molecule has 0 atom stereocenters. The number of halogens is 2. The fourth-order valence-electron chi connectivity index (χ4n) is 1.41. The second kappa shape index (κ2) is 4.84. The molecule has 0 saturated carbocycles. The van der Waals surface area contributed by atoms with E-state index in [1.165, 1.54) is 18.4 Å². The monoisotopic (exact) mass is 268 g/mol. The fourth-order valence-corrected chi connectivity index (χ4v) is 1.41. The molecule has 1 aromatic heterocycles. The largest absolute Gasteiger partial charge is 0.459 e. The molecule has 1 aromatic carbocycles. The summed E-state index contributed by atoms with van der Waals surface area (Å²) in [4.78, 5) is 21.3. The third kappa shape index (κ3) is 2.57. The van der Waals surface area contributed by atoms with Gasteiger partial charge in [0.2, 0.25) is 0 Å². The molecule has 0 spiro atoms. The third-order valence-electron chi connectivity index (χ3n) is 2.21. The van der Waals surface area contributed by atoms with Gasteiger partial charge in [-0.05, 0) is 12.1 Å². The van der Waals surface area contributed by atoms with Crippen molar-refractivity contribution in [3.8, 4) is 0 Å². The molecule has 1 N–H and O–H groups in total. The van der Waals surface area contributed by atoms with Crippen LogP contribution in [0.4, 0.5) is 20.2 Å². The number of nitrogens with one attached hydrogen (secondary N) is 1. The van der Waals surface area contributed by atoms with Crippen molar-refractivity contribution in [3.63, 3.8) is 0 Å². The van der Waals surface area contributed by atoms with E-state index in [0.717, 1.165) is 0 Å². The number of nitro groups is 1. The lowest BCUT2D eigenvalue weighted by Crippen LogP contribution is -2.14. The zero-order valence-electron chi connectivity index (χ0n) is 9.22. The summed E-state index contributed by atoms with van der Waals surface area (Å²) >= 11 is 0. The van der Waals surface area contributed by atoms with Gasteiger partial charge in [0.1, 0.15) is 5.82 Å². The predicted molar refractivity (Wildman–Crippen MR) is 59.7 cm³/mol. The summed E-state index contributed by atoms with van der Waals surface area (Å²) in [7, 11) is 0. The van der Waals surface area contributed by atoms with Gasteiger partial charge in [-0.25, -0.2) is 8.78 Å². The Balaban J connectivity index is 2.39. The Labute approximate surface area is 104 Å². The van der Waals surface area contributed by atoms with Crippen LogP contribution in [0.3, 0.4) is 0 Å². The molecule has 0 unspecified atom stereocenters. The molecule has 1 heterocycles. The molecule has 6 nitrogen and oxygen atoms in total. The molecule has 0 aliphatic heterocycles. The van der Waals surface area contributed by atoms with Crippen molar-refractivity contribution in [3.05, 3.63) is 58.0 Å². The molecule has 98 valence electrons. The van der Waals surface area contributed by atoms with Crippen LogP contribution in [0.25, 0.3) is 0 Å². The van der Waals surface area contributed by atoms with Crippen molar-refractivity contribution >= 4 is 17.3 Å². The van der Waals surface area contributed by atoms with Crippen LogP contribution in [0.15, 0.2) is 34.9 Å². The number of furan rings is 1. The minimum Gasteiger partial charge on any atom is -0.459 e. The molecule has 0 radical (unpaired) electrons. The average Bonchev–Trinajstić information content (AvgIpc) is 2.85. The maximum Gasteiger partial charge on any atom is 0.298 e. The number of carbonyl (C=O) groups is 1. The number of rotatable bonds is 3. The maximum atomic E-state index is 13.5. The lowest BCUT2D eigenvalue weighted by atomic mass is 10.2. The molecule has 0 bridgehead atoms. The van der Waals surface area contributed by atoms with Crippen LogP contribution < -0.4 is 5.32 Å². The Kier molecular flexibility index (Phi) is 3.23. The first-order valence-corrected chi connectivity index (χ1v) is 4.97. The second-order valence-corrected chi connectivity index (χ2v) is 3.47. The molecule has 0 aliphatic carbocycles. The minimum atomic E-state index is -1.24. The zero-order valence-corrected chi connectivity index (χ0v) is 9.22. The number of anilines is 1. The van der Waals surface area contributed by atoms with Crippen LogP contribution in [0.5, 0.6) is 0 Å². The van der Waals surface area contributed by atoms with Crippen molar-refractivity contribution in [1.82, 2.24) is 0 Å². The quantitative estimate of drug-likeness (QED) is 0.685. The Morgan fingerprint density at radius 2 is 2.11 bits per heavy atom. The van der Waals surface area contributed by atoms with E-state index in [-0.39, 0.29) is 5.76 Å². The van der Waals surface area contributed by atoms with Crippen molar-refractivity contribution < 1.29 is 22.9 Å². The van der Waals surface area contributed by atoms with Gasteiger partial charge in [-0.2, -0.15) is 0 Å². The normalized spacial score (nSPS) is 10.2. The summed E-state index contributed by atoms with van der Waals surface area (Å²) in [5.41, 5.74) is -1.59. The first kappa shape index (κ1) is 12.7. The number of hydrogen-bond donors (Lipinski definition) is 1. The van der Waals surface area contributed by atoms with E-state index in [1.807, 2.05) is 5.32 Å². The molecule has 1 amide bonds. The summed E-state index contributed by atoms with van der Waals surface area (Å²) in [6.45, 7) is 0. The van der Waals surface area contributed by atoms with Gasteiger partial charge in [0.25, 0.3) is 11.6 Å². The van der Waals surface area contributed by atoms with Gasteiger partial charge in [-0.15, -0.1) is 0 Å². The number of amides is 1. The molecular weight excluding hydrogens is 262 g/mol. The summed E-state index contributed by atoms with van der Waals surface area (Å²) in [5, 5.41) is 12.7. The average molecular weight is 268 g/mol. The molecule has 8 heteroatoms. The van der Waals surface area contributed by atoms with E-state index in [9.17, 15) is 23.7 Å². The maximum absolute atomic E-state index is 13.5. The third-order valence-corrected chi connectivity index (χ3v) is 2.21. The summed E-state index contributed by atoms with van der Waals surface area (Å²) < 4.78 is 31.1. The molecule has 0 aliphatic rings. The van der Waals surface area contributed by atoms with Crippen LogP contribution >= 0.6 is 0 Å². The van der Waals surface area contributed by atoms with Gasteiger partial charge in [-0.3, -0.25) is 14.9 Å². The Hall–Kier alpha value is -2.77. The van der Waals surface area contributed by atoms with Gasteiger partial charge >= 0.3 is 0 Å². The van der Waals surface area contributed by atoms with Crippen LogP contribution in [-0.2, 0) is 0 Å². The topological polar surface area (TPSA) is 85.4 Å². The highest BCUT2D eigenvalue weighted by atomic mass is 19.1. The van der Waals surface area contributed by atoms with E-state index in [0.29, 0.717) is 12.1 Å². The Morgan fingerprint density at radius 1 is 1.37 bits per heavy atom. The SMILES string of the molecule is O=C(Nc1c(F)cc(F)cc1[N+](=O)[O-])c1ccco1. The molecule has 0 fully saturated rings. The Bertz CT molecular complexity index is 640. The summed E-state index contributed by atoms with van der Waals surface area (Å²) in [5.74, 6) is -3.39. The number of nitrogens with zero attached hydrogens (tertiary/aromatic N) is 1. The van der Waals surface area contributed by atoms with Gasteiger partial charge in [0.05, 0.1) is 17.3 Å². The zero-order chi connectivity index (χ0) is 14.0. The standard InChI is InChI=1S/C11H6F2N2O4/c12-6-4-7(13)10(8(5-6)15(17)18)14-11(16)9-2-1-3-19-9/h1-5H,(H,14,16). The van der Waals surface area contributed by atoms with Crippen LogP contribution in [0.1, 0.15) is 10.6 Å². The molecule has 0 saturated heterocycles.